The molecule has 0 aliphatic heterocycles. The molecule has 0 atom stereocenters. The lowest BCUT2D eigenvalue weighted by Gasteiger charge is -1.88. The van der Waals surface area contributed by atoms with Crippen LogP contribution in [0.4, 0.5) is 0 Å². The van der Waals surface area contributed by atoms with E-state index in [1.165, 1.54) is 11.5 Å². The Kier molecular flexibility index (Phi) is 31.8. The van der Waals surface area contributed by atoms with Gasteiger partial charge in [-0.25, -0.2) is 0 Å². The van der Waals surface area contributed by atoms with Crippen LogP contribution in [0.1, 0.15) is 28.7 Å². The highest BCUT2D eigenvalue weighted by molar-refractivity contribution is 8.06. The maximum absolute atomic E-state index is 7.56. The average molecular weight is 350 g/mol. The Bertz CT molecular complexity index is 177. The lowest BCUT2D eigenvalue weighted by Crippen LogP contribution is -1.65. The van der Waals surface area contributed by atoms with Gasteiger partial charge in [-0.3, -0.25) is 0 Å². The van der Waals surface area contributed by atoms with Gasteiger partial charge >= 0.3 is 13.4 Å². The minimum absolute atomic E-state index is 0. The van der Waals surface area contributed by atoms with Gasteiger partial charge in [-0.15, -0.1) is 0 Å². The zero-order chi connectivity index (χ0) is 13.1. The van der Waals surface area contributed by atoms with Crippen molar-refractivity contribution >= 4 is 48.8 Å². The van der Waals surface area contributed by atoms with E-state index < -0.39 is 13.4 Å². The summed E-state index contributed by atoms with van der Waals surface area (Å²) in [5.74, 6) is 2.52. The molecule has 0 saturated carbocycles. The zero-order valence-corrected chi connectivity index (χ0v) is 12.5. The summed E-state index contributed by atoms with van der Waals surface area (Å²) in [6, 6.07) is 0. The average Bonchev–Trinajstić information content (AvgIpc) is 1.80. The van der Waals surface area contributed by atoms with Crippen molar-refractivity contribution in [2.75, 3.05) is 11.5 Å². The van der Waals surface area contributed by atoms with Crippen LogP contribution in [-0.2, 0) is 23.6 Å². The van der Waals surface area contributed by atoms with Gasteiger partial charge in [0.2, 0.25) is 0 Å². The van der Waals surface area contributed by atoms with Gasteiger partial charge in [-0.1, -0.05) is 28.7 Å². The number of rotatable bonds is 2. The van der Waals surface area contributed by atoms with Crippen LogP contribution in [-0.4, -0.2) is 40.9 Å². The smallest absolute Gasteiger partial charge is 0.319 e. The third kappa shape index (κ3) is 356. The van der Waals surface area contributed by atoms with E-state index in [0.717, 1.165) is 0 Å². The van der Waals surface area contributed by atoms with E-state index in [4.69, 9.17) is 29.4 Å². The fraction of sp³-hybridized carbons (Fsp3) is 1.00. The predicted molar refractivity (Wildman–Crippen MR) is 84.0 cm³/mol. The first kappa shape index (κ1) is 31.0. The molecular formula is C6H24O6P2S3. The summed E-state index contributed by atoms with van der Waals surface area (Å²) < 4.78 is 0. The molecule has 0 aromatic rings. The van der Waals surface area contributed by atoms with Crippen LogP contribution in [0.2, 0.25) is 0 Å². The Hall–Kier alpha value is 1.41. The van der Waals surface area contributed by atoms with E-state index >= 15 is 0 Å². The Balaban J connectivity index is -0.0000000400. The second-order valence-electron chi connectivity index (χ2n) is 1.81. The molecule has 0 bridgehead atoms. The monoisotopic (exact) mass is 350 g/mol. The maximum atomic E-state index is 7.56. The van der Waals surface area contributed by atoms with Crippen molar-refractivity contribution < 1.29 is 29.4 Å². The minimum Gasteiger partial charge on any atom is -0.325 e. The van der Waals surface area contributed by atoms with Crippen molar-refractivity contribution in [2.45, 2.75) is 28.7 Å². The Morgan fingerprint density at radius 1 is 0.765 bits per heavy atom. The van der Waals surface area contributed by atoms with Crippen molar-refractivity contribution in [1.29, 1.82) is 0 Å². The van der Waals surface area contributed by atoms with Crippen LogP contribution >= 0.6 is 25.2 Å². The van der Waals surface area contributed by atoms with Gasteiger partial charge < -0.3 is 29.4 Å². The fourth-order valence-corrected chi connectivity index (χ4v) is 0.612. The zero-order valence-electron chi connectivity index (χ0n) is 8.22. The Labute approximate surface area is 118 Å². The van der Waals surface area contributed by atoms with Gasteiger partial charge in [0.15, 0.2) is 0 Å². The van der Waals surface area contributed by atoms with Gasteiger partial charge in [0, 0.05) is 0 Å². The molecule has 0 rings (SSSR count). The Morgan fingerprint density at radius 3 is 0.882 bits per heavy atom. The molecule has 0 heterocycles. The molecule has 0 aliphatic rings. The van der Waals surface area contributed by atoms with Gasteiger partial charge in [-0.05, 0) is 35.1 Å². The molecule has 0 amide bonds. The largest absolute Gasteiger partial charge is 0.325 e. The first-order valence-electron chi connectivity index (χ1n) is 3.56. The van der Waals surface area contributed by atoms with Crippen LogP contribution in [0.5, 0.6) is 0 Å². The lowest BCUT2D eigenvalue weighted by atomic mass is 11.0. The molecule has 11 heteroatoms. The highest BCUT2D eigenvalue weighted by Gasteiger charge is 1.92. The molecule has 0 spiro atoms. The molecule has 0 aromatic carbocycles. The molecule has 0 aliphatic carbocycles. The van der Waals surface area contributed by atoms with Crippen molar-refractivity contribution in [3.8, 4) is 0 Å². The van der Waals surface area contributed by atoms with Crippen LogP contribution in [0.25, 0.3) is 0 Å². The number of thioether (sulfide) groups is 1. The summed E-state index contributed by atoms with van der Waals surface area (Å²) in [7, 11) is 0. The predicted octanol–water partition coefficient (Wildman–Crippen LogP) is 1.41. The molecule has 17 heavy (non-hydrogen) atoms. The fourth-order valence-electron chi connectivity index (χ4n) is 0.204. The molecule has 0 unspecified atom stereocenters. The number of hydrogen-bond donors (Lipinski definition) is 6. The van der Waals surface area contributed by atoms with Crippen LogP contribution in [0.15, 0.2) is 0 Å². The van der Waals surface area contributed by atoms with Crippen molar-refractivity contribution in [2.24, 2.45) is 0 Å². The van der Waals surface area contributed by atoms with Gasteiger partial charge in [0.05, 0.1) is 0 Å². The normalized spacial score (nSPS) is 9.41. The minimum atomic E-state index is -3.81. The van der Waals surface area contributed by atoms with Crippen LogP contribution in [0.3, 0.4) is 0 Å². The van der Waals surface area contributed by atoms with E-state index in [1.807, 2.05) is 11.8 Å². The van der Waals surface area contributed by atoms with Gasteiger partial charge in [0.1, 0.15) is 0 Å². The second-order valence-corrected chi connectivity index (χ2v) is 8.36. The molecule has 0 aromatic heterocycles. The third-order valence-electron chi connectivity index (χ3n) is 0.408. The van der Waals surface area contributed by atoms with Crippen LogP contribution in [0, 0.1) is 0 Å². The molecule has 112 valence electrons. The third-order valence-corrected chi connectivity index (χ3v) is 1.22. The summed E-state index contributed by atoms with van der Waals surface area (Å²) in [4.78, 5) is 45.3. The standard InChI is InChI=1S/C4H10S.2CH4.2H3O3PS/c1-3-5-4-2;;;2*1-4(2,3)5/h3-4H2,1-2H3;2*1H4;2*(H3,1,2,3,5). The topological polar surface area (TPSA) is 121 Å². The van der Waals surface area contributed by atoms with E-state index in [-0.39, 0.29) is 14.9 Å². The molecule has 0 fully saturated rings. The van der Waals surface area contributed by atoms with E-state index in [2.05, 4.69) is 37.5 Å². The second kappa shape index (κ2) is 17.4. The highest BCUT2D eigenvalue weighted by atomic mass is 32.5. The Morgan fingerprint density at radius 2 is 0.882 bits per heavy atom. The molecule has 6 N–H and O–H groups in total. The van der Waals surface area contributed by atoms with E-state index in [0.29, 0.717) is 0 Å². The van der Waals surface area contributed by atoms with E-state index in [1.54, 1.807) is 0 Å². The molecule has 6 nitrogen and oxygen atoms in total. The van der Waals surface area contributed by atoms with Gasteiger partial charge in [0.25, 0.3) is 0 Å². The first-order chi connectivity index (χ1) is 6.41. The highest BCUT2D eigenvalue weighted by Crippen LogP contribution is 2.26. The van der Waals surface area contributed by atoms with Crippen molar-refractivity contribution in [3.05, 3.63) is 0 Å². The molecule has 0 saturated heterocycles. The van der Waals surface area contributed by atoms with Gasteiger partial charge in [-0.2, -0.15) is 11.8 Å². The summed E-state index contributed by atoms with van der Waals surface area (Å²) >= 11 is 9.17. The quantitative estimate of drug-likeness (QED) is 0.410. The summed E-state index contributed by atoms with van der Waals surface area (Å²) in [6.07, 6.45) is 0. The maximum Gasteiger partial charge on any atom is 0.319 e. The summed E-state index contributed by atoms with van der Waals surface area (Å²) in [5.41, 5.74) is 0. The summed E-state index contributed by atoms with van der Waals surface area (Å²) in [5, 5.41) is 0. The van der Waals surface area contributed by atoms with E-state index in [9.17, 15) is 0 Å². The lowest BCUT2D eigenvalue weighted by molar-refractivity contribution is 0.361. The SMILES string of the molecule is C.C.CCSCC.OP(O)(O)=S.OP(O)(O)=S. The van der Waals surface area contributed by atoms with Crippen LogP contribution < -0.4 is 0 Å². The molecule has 0 radical (unpaired) electrons. The molecular weight excluding hydrogens is 326 g/mol. The first-order valence-corrected chi connectivity index (χ1v) is 10.0. The summed E-state index contributed by atoms with van der Waals surface area (Å²) in [6.45, 7) is -3.26. The number of hydrogen-bond acceptors (Lipinski definition) is 3. The van der Waals surface area contributed by atoms with Crippen molar-refractivity contribution in [1.82, 2.24) is 0 Å². The van der Waals surface area contributed by atoms with Crippen molar-refractivity contribution in [3.63, 3.8) is 0 Å².